The maximum atomic E-state index is 11.6. The fourth-order valence-corrected chi connectivity index (χ4v) is 2.54. The summed E-state index contributed by atoms with van der Waals surface area (Å²) in [5.74, 6) is -0.103. The molecule has 0 aliphatic carbocycles. The molecule has 1 N–H and O–H groups in total. The van der Waals surface area contributed by atoms with Gasteiger partial charge in [0.15, 0.2) is 0 Å². The van der Waals surface area contributed by atoms with Crippen LogP contribution in [0.4, 0.5) is 0 Å². The monoisotopic (exact) mass is 292 g/mol. The summed E-state index contributed by atoms with van der Waals surface area (Å²) in [7, 11) is 1.52. The van der Waals surface area contributed by atoms with Crippen LogP contribution in [0.15, 0.2) is 30.3 Å². The van der Waals surface area contributed by atoms with Gasteiger partial charge in [-0.15, -0.1) is 0 Å². The lowest BCUT2D eigenvalue weighted by molar-refractivity contribution is -0.127. The molecule has 0 unspecified atom stereocenters. The number of rotatable bonds is 6. The first-order chi connectivity index (χ1) is 10.2. The van der Waals surface area contributed by atoms with Crippen LogP contribution < -0.4 is 5.32 Å². The number of carbonyl (C=O) groups is 1. The number of hydrogen-bond acceptors (Lipinski definition) is 4. The molecule has 1 aromatic rings. The minimum absolute atomic E-state index is 0.0169. The van der Waals surface area contributed by atoms with Gasteiger partial charge in [0.1, 0.15) is 6.61 Å². The molecular formula is C16H24N2O3. The van der Waals surface area contributed by atoms with E-state index < -0.39 is 0 Å². The van der Waals surface area contributed by atoms with Gasteiger partial charge in [-0.3, -0.25) is 9.69 Å². The third-order valence-corrected chi connectivity index (χ3v) is 3.65. The Balaban J connectivity index is 1.84. The van der Waals surface area contributed by atoms with Crippen LogP contribution in [0.1, 0.15) is 12.5 Å². The lowest BCUT2D eigenvalue weighted by atomic mass is 10.1. The average Bonchev–Trinajstić information content (AvgIpc) is 2.49. The molecule has 116 valence electrons. The van der Waals surface area contributed by atoms with Gasteiger partial charge in [-0.1, -0.05) is 30.3 Å². The van der Waals surface area contributed by atoms with Crippen molar-refractivity contribution in [1.82, 2.24) is 10.2 Å². The highest BCUT2D eigenvalue weighted by Crippen LogP contribution is 2.12. The topological polar surface area (TPSA) is 50.8 Å². The molecule has 1 aliphatic rings. The molecule has 5 nitrogen and oxygen atoms in total. The Hall–Kier alpha value is -1.43. The van der Waals surface area contributed by atoms with Gasteiger partial charge in [-0.2, -0.15) is 0 Å². The lowest BCUT2D eigenvalue weighted by Crippen LogP contribution is -2.52. The minimum Gasteiger partial charge on any atom is -0.375 e. The predicted octanol–water partition coefficient (Wildman–Crippen LogP) is 1.04. The highest BCUT2D eigenvalue weighted by Gasteiger charge is 2.26. The third-order valence-electron chi connectivity index (χ3n) is 3.65. The SMILES string of the molecule is COCC(=O)N[C@@H](C)[C@@H]1CN(Cc2ccccc2)CCO1. The molecule has 1 fully saturated rings. The molecule has 0 radical (unpaired) electrons. The van der Waals surface area contributed by atoms with Gasteiger partial charge in [0.25, 0.3) is 0 Å². The molecule has 0 spiro atoms. The molecule has 0 bridgehead atoms. The number of hydrogen-bond donors (Lipinski definition) is 1. The highest BCUT2D eigenvalue weighted by molar-refractivity contribution is 5.77. The summed E-state index contributed by atoms with van der Waals surface area (Å²) >= 11 is 0. The average molecular weight is 292 g/mol. The second kappa shape index (κ2) is 8.12. The number of ether oxygens (including phenoxy) is 2. The number of methoxy groups -OCH3 is 1. The molecule has 1 aromatic carbocycles. The van der Waals surface area contributed by atoms with E-state index in [-0.39, 0.29) is 24.7 Å². The van der Waals surface area contributed by atoms with E-state index in [4.69, 9.17) is 9.47 Å². The van der Waals surface area contributed by atoms with Crippen molar-refractivity contribution in [2.45, 2.75) is 25.6 Å². The first-order valence-electron chi connectivity index (χ1n) is 7.35. The van der Waals surface area contributed by atoms with Crippen molar-refractivity contribution in [2.75, 3.05) is 33.4 Å². The van der Waals surface area contributed by atoms with Gasteiger partial charge in [0, 0.05) is 26.7 Å². The van der Waals surface area contributed by atoms with Crippen molar-refractivity contribution < 1.29 is 14.3 Å². The Morgan fingerprint density at radius 3 is 2.95 bits per heavy atom. The van der Waals surface area contributed by atoms with E-state index in [0.717, 1.165) is 19.6 Å². The van der Waals surface area contributed by atoms with E-state index in [1.54, 1.807) is 0 Å². The van der Waals surface area contributed by atoms with Gasteiger partial charge >= 0.3 is 0 Å². The second-order valence-electron chi connectivity index (χ2n) is 5.42. The van der Waals surface area contributed by atoms with Crippen LogP contribution in [0.3, 0.4) is 0 Å². The summed E-state index contributed by atoms with van der Waals surface area (Å²) in [4.78, 5) is 13.9. The molecule has 1 saturated heterocycles. The van der Waals surface area contributed by atoms with Gasteiger partial charge in [0.2, 0.25) is 5.91 Å². The Bertz CT molecular complexity index is 438. The van der Waals surface area contributed by atoms with Crippen LogP contribution in [0, 0.1) is 0 Å². The fourth-order valence-electron chi connectivity index (χ4n) is 2.54. The van der Waals surface area contributed by atoms with Crippen LogP contribution >= 0.6 is 0 Å². The molecule has 21 heavy (non-hydrogen) atoms. The summed E-state index contributed by atoms with van der Waals surface area (Å²) in [5, 5.41) is 2.92. The summed E-state index contributed by atoms with van der Waals surface area (Å²) in [5.41, 5.74) is 1.30. The Morgan fingerprint density at radius 1 is 1.48 bits per heavy atom. The fraction of sp³-hybridized carbons (Fsp3) is 0.562. The Labute approximate surface area is 126 Å². The molecule has 0 saturated carbocycles. The van der Waals surface area contributed by atoms with Crippen molar-refractivity contribution in [3.05, 3.63) is 35.9 Å². The van der Waals surface area contributed by atoms with E-state index in [1.165, 1.54) is 12.7 Å². The van der Waals surface area contributed by atoms with E-state index in [0.29, 0.717) is 6.61 Å². The largest absolute Gasteiger partial charge is 0.375 e. The van der Waals surface area contributed by atoms with Gasteiger partial charge in [-0.25, -0.2) is 0 Å². The van der Waals surface area contributed by atoms with Crippen LogP contribution in [-0.2, 0) is 20.8 Å². The number of benzene rings is 1. The normalized spacial score (nSPS) is 21.0. The van der Waals surface area contributed by atoms with Crippen LogP contribution in [0.2, 0.25) is 0 Å². The summed E-state index contributed by atoms with van der Waals surface area (Å²) in [6, 6.07) is 10.4. The molecule has 0 aromatic heterocycles. The first kappa shape index (κ1) is 15.9. The molecule has 1 aliphatic heterocycles. The first-order valence-corrected chi connectivity index (χ1v) is 7.35. The van der Waals surface area contributed by atoms with Crippen molar-refractivity contribution in [3.8, 4) is 0 Å². The van der Waals surface area contributed by atoms with Gasteiger partial charge in [0.05, 0.1) is 18.8 Å². The summed E-state index contributed by atoms with van der Waals surface area (Å²) in [6.45, 7) is 5.42. The lowest BCUT2D eigenvalue weighted by Gasteiger charge is -2.36. The summed E-state index contributed by atoms with van der Waals surface area (Å²) in [6.07, 6.45) is 0.0169. The van der Waals surface area contributed by atoms with Crippen molar-refractivity contribution in [2.24, 2.45) is 0 Å². The number of carbonyl (C=O) groups excluding carboxylic acids is 1. The van der Waals surface area contributed by atoms with E-state index in [9.17, 15) is 4.79 Å². The van der Waals surface area contributed by atoms with E-state index in [1.807, 2.05) is 13.0 Å². The molecule has 2 atom stereocenters. The summed E-state index contributed by atoms with van der Waals surface area (Å²) < 4.78 is 10.6. The molecule has 5 heteroatoms. The van der Waals surface area contributed by atoms with E-state index in [2.05, 4.69) is 34.5 Å². The Kier molecular flexibility index (Phi) is 6.17. The van der Waals surface area contributed by atoms with Crippen LogP contribution in [0.25, 0.3) is 0 Å². The maximum absolute atomic E-state index is 11.6. The standard InChI is InChI=1S/C16H24N2O3/c1-13(17-16(19)12-20-2)15-11-18(8-9-21-15)10-14-6-4-3-5-7-14/h3-7,13,15H,8-12H2,1-2H3,(H,17,19)/t13-,15-/m0/s1. The Morgan fingerprint density at radius 2 is 2.24 bits per heavy atom. The van der Waals surface area contributed by atoms with Crippen molar-refractivity contribution >= 4 is 5.91 Å². The minimum atomic E-state index is -0.103. The van der Waals surface area contributed by atoms with Crippen LogP contribution in [0.5, 0.6) is 0 Å². The van der Waals surface area contributed by atoms with Crippen molar-refractivity contribution in [1.29, 1.82) is 0 Å². The second-order valence-corrected chi connectivity index (χ2v) is 5.42. The van der Waals surface area contributed by atoms with Gasteiger partial charge in [-0.05, 0) is 12.5 Å². The number of nitrogens with one attached hydrogen (secondary N) is 1. The zero-order valence-electron chi connectivity index (χ0n) is 12.7. The number of amides is 1. The molecule has 1 amide bonds. The zero-order valence-corrected chi connectivity index (χ0v) is 12.7. The number of morpholine rings is 1. The number of nitrogens with zero attached hydrogens (tertiary/aromatic N) is 1. The molecule has 2 rings (SSSR count). The van der Waals surface area contributed by atoms with Gasteiger partial charge < -0.3 is 14.8 Å². The highest BCUT2D eigenvalue weighted by atomic mass is 16.5. The zero-order chi connectivity index (χ0) is 15.1. The van der Waals surface area contributed by atoms with Crippen LogP contribution in [-0.4, -0.2) is 56.4 Å². The molecular weight excluding hydrogens is 268 g/mol. The smallest absolute Gasteiger partial charge is 0.246 e. The maximum Gasteiger partial charge on any atom is 0.246 e. The predicted molar refractivity (Wildman–Crippen MR) is 80.9 cm³/mol. The quantitative estimate of drug-likeness (QED) is 0.851. The van der Waals surface area contributed by atoms with Crippen molar-refractivity contribution in [3.63, 3.8) is 0 Å². The molecule has 1 heterocycles. The van der Waals surface area contributed by atoms with E-state index >= 15 is 0 Å². The third kappa shape index (κ3) is 5.12.